The van der Waals surface area contributed by atoms with Gasteiger partial charge in [0.2, 0.25) is 15.9 Å². The summed E-state index contributed by atoms with van der Waals surface area (Å²) >= 11 is 5.31. The number of ether oxygens (including phenoxy) is 1. The summed E-state index contributed by atoms with van der Waals surface area (Å²) in [5.74, 6) is 0.136. The van der Waals surface area contributed by atoms with Gasteiger partial charge in [0, 0.05) is 24.7 Å². The molecular weight excluding hydrogens is 464 g/mol. The molecule has 0 aliphatic heterocycles. The number of benzene rings is 2. The number of nitrogens with one attached hydrogen (secondary N) is 3. The van der Waals surface area contributed by atoms with Crippen LogP contribution in [-0.4, -0.2) is 37.2 Å². The van der Waals surface area contributed by atoms with Gasteiger partial charge in [0.1, 0.15) is 5.75 Å². The highest BCUT2D eigenvalue weighted by Gasteiger charge is 2.11. The van der Waals surface area contributed by atoms with Crippen LogP contribution in [0.25, 0.3) is 10.9 Å². The summed E-state index contributed by atoms with van der Waals surface area (Å²) in [7, 11) is -2.03. The number of sulfonamides is 1. The fourth-order valence-corrected chi connectivity index (χ4v) is 4.26. The van der Waals surface area contributed by atoms with E-state index in [1.54, 1.807) is 22.8 Å². The van der Waals surface area contributed by atoms with Crippen LogP contribution in [0.1, 0.15) is 25.7 Å². The molecule has 0 aliphatic rings. The zero-order valence-corrected chi connectivity index (χ0v) is 20.0. The fourth-order valence-electron chi connectivity index (χ4n) is 3.41. The average Bonchev–Trinajstić information content (AvgIpc) is 2.75. The number of unbranched alkanes of at least 4 members (excludes halogenated alkanes) is 2. The summed E-state index contributed by atoms with van der Waals surface area (Å²) in [6.45, 7) is 0.479. The smallest absolute Gasteiger partial charge is 0.262 e. The lowest BCUT2D eigenvalue weighted by atomic mass is 10.1. The molecule has 0 unspecified atom stereocenters. The Morgan fingerprint density at radius 3 is 2.64 bits per heavy atom. The predicted octanol–water partition coefficient (Wildman–Crippen LogP) is 3.64. The van der Waals surface area contributed by atoms with E-state index in [0.29, 0.717) is 53.1 Å². The van der Waals surface area contributed by atoms with Gasteiger partial charge in [-0.2, -0.15) is 0 Å². The highest BCUT2D eigenvalue weighted by Crippen LogP contribution is 2.28. The van der Waals surface area contributed by atoms with Crippen LogP contribution in [0, 0.1) is 4.77 Å². The monoisotopic (exact) mass is 490 g/mol. The van der Waals surface area contributed by atoms with E-state index in [0.717, 1.165) is 18.2 Å². The predicted molar refractivity (Wildman–Crippen MR) is 132 cm³/mol. The van der Waals surface area contributed by atoms with E-state index in [4.69, 9.17) is 17.0 Å². The summed E-state index contributed by atoms with van der Waals surface area (Å²) in [5.41, 5.74) is 1.40. The second kappa shape index (κ2) is 10.6. The van der Waals surface area contributed by atoms with Crippen LogP contribution in [0.15, 0.2) is 47.3 Å². The number of carbonyl (C=O) groups excluding carboxylic acids is 1. The van der Waals surface area contributed by atoms with Crippen molar-refractivity contribution >= 4 is 50.4 Å². The van der Waals surface area contributed by atoms with Gasteiger partial charge in [-0.25, -0.2) is 8.42 Å². The van der Waals surface area contributed by atoms with Crippen molar-refractivity contribution in [1.82, 2.24) is 9.55 Å². The Morgan fingerprint density at radius 2 is 1.91 bits per heavy atom. The number of carbonyl (C=O) groups is 1. The Kier molecular flexibility index (Phi) is 7.88. The number of hydrogen-bond acceptors (Lipinski definition) is 6. The van der Waals surface area contributed by atoms with Crippen molar-refractivity contribution < 1.29 is 17.9 Å². The molecule has 2 aromatic carbocycles. The molecule has 1 heterocycles. The highest BCUT2D eigenvalue weighted by molar-refractivity contribution is 7.92. The SMILES string of the molecule is COc1cc(NC(=O)CCCCCn2c(=S)[nH]c3ccccc3c2=O)ccc1NS(C)(=O)=O. The Balaban J connectivity index is 1.50. The molecule has 0 saturated heterocycles. The Bertz CT molecular complexity index is 1380. The number of H-pyrrole nitrogens is 1. The van der Waals surface area contributed by atoms with Gasteiger partial charge < -0.3 is 15.0 Å². The standard InChI is InChI=1S/C22H26N4O5S2/c1-31-19-14-15(11-12-18(19)25-33(2,29)30)23-20(27)10-4-3-7-13-26-21(28)16-8-5-6-9-17(16)24-22(26)32/h5-6,8-9,11-12,14,25H,3-4,7,10,13H2,1-2H3,(H,23,27)(H,24,32). The lowest BCUT2D eigenvalue weighted by molar-refractivity contribution is -0.116. The molecule has 3 aromatic rings. The second-order valence-corrected chi connectivity index (χ2v) is 9.72. The molecule has 0 bridgehead atoms. The van der Waals surface area contributed by atoms with Crippen LogP contribution in [0.5, 0.6) is 5.75 Å². The Hall–Kier alpha value is -3.18. The maximum atomic E-state index is 12.6. The van der Waals surface area contributed by atoms with E-state index in [-0.39, 0.29) is 11.5 Å². The molecule has 3 N–H and O–H groups in total. The molecule has 0 saturated carbocycles. The molecule has 11 heteroatoms. The van der Waals surface area contributed by atoms with Crippen LogP contribution in [0.3, 0.4) is 0 Å². The van der Waals surface area contributed by atoms with E-state index in [9.17, 15) is 18.0 Å². The number of anilines is 2. The number of methoxy groups -OCH3 is 1. The average molecular weight is 491 g/mol. The number of aromatic amines is 1. The third-order valence-corrected chi connectivity index (χ3v) is 5.87. The van der Waals surface area contributed by atoms with Gasteiger partial charge in [-0.1, -0.05) is 18.6 Å². The van der Waals surface area contributed by atoms with Gasteiger partial charge in [-0.15, -0.1) is 0 Å². The van der Waals surface area contributed by atoms with Gasteiger partial charge in [-0.3, -0.25) is 18.9 Å². The van der Waals surface area contributed by atoms with Crippen LogP contribution in [0.2, 0.25) is 0 Å². The van der Waals surface area contributed by atoms with Gasteiger partial charge in [-0.05, 0) is 49.3 Å². The van der Waals surface area contributed by atoms with E-state index in [1.807, 2.05) is 18.2 Å². The van der Waals surface area contributed by atoms with Crippen LogP contribution < -0.4 is 20.3 Å². The van der Waals surface area contributed by atoms with E-state index >= 15 is 0 Å². The minimum absolute atomic E-state index is 0.116. The molecular formula is C22H26N4O5S2. The molecule has 1 amide bonds. The van der Waals surface area contributed by atoms with Crippen molar-refractivity contribution in [3.63, 3.8) is 0 Å². The number of hydrogen-bond donors (Lipinski definition) is 3. The number of amides is 1. The first-order valence-electron chi connectivity index (χ1n) is 10.4. The van der Waals surface area contributed by atoms with E-state index < -0.39 is 10.0 Å². The largest absolute Gasteiger partial charge is 0.494 e. The summed E-state index contributed by atoms with van der Waals surface area (Å²) < 4.78 is 32.4. The number of aromatic nitrogens is 2. The first-order valence-corrected chi connectivity index (χ1v) is 12.7. The van der Waals surface area contributed by atoms with Crippen LogP contribution in [0.4, 0.5) is 11.4 Å². The highest BCUT2D eigenvalue weighted by atomic mass is 32.2. The lowest BCUT2D eigenvalue weighted by Crippen LogP contribution is -2.22. The molecule has 0 atom stereocenters. The molecule has 0 aliphatic carbocycles. The normalized spacial score (nSPS) is 11.3. The van der Waals surface area contributed by atoms with Crippen molar-refractivity contribution in [2.24, 2.45) is 0 Å². The van der Waals surface area contributed by atoms with Crippen molar-refractivity contribution in [3.05, 3.63) is 57.6 Å². The quantitative estimate of drug-likeness (QED) is 0.295. The zero-order valence-electron chi connectivity index (χ0n) is 18.4. The number of nitrogens with zero attached hydrogens (tertiary/aromatic N) is 1. The van der Waals surface area contributed by atoms with Gasteiger partial charge >= 0.3 is 0 Å². The second-order valence-electron chi connectivity index (χ2n) is 7.58. The van der Waals surface area contributed by atoms with Gasteiger partial charge in [0.15, 0.2) is 4.77 Å². The molecule has 0 spiro atoms. The summed E-state index contributed by atoms with van der Waals surface area (Å²) in [4.78, 5) is 28.0. The summed E-state index contributed by atoms with van der Waals surface area (Å²) in [6.07, 6.45) is 3.47. The summed E-state index contributed by atoms with van der Waals surface area (Å²) in [6, 6.07) is 11.9. The zero-order chi connectivity index (χ0) is 24.0. The van der Waals surface area contributed by atoms with Crippen molar-refractivity contribution in [3.8, 4) is 5.75 Å². The maximum Gasteiger partial charge on any atom is 0.262 e. The first-order chi connectivity index (χ1) is 15.7. The third-order valence-electron chi connectivity index (χ3n) is 4.96. The number of fused-ring (bicyclic) bond motifs is 1. The van der Waals surface area contributed by atoms with Gasteiger partial charge in [0.25, 0.3) is 5.56 Å². The van der Waals surface area contributed by atoms with E-state index in [2.05, 4.69) is 15.0 Å². The van der Waals surface area contributed by atoms with Crippen LogP contribution in [-0.2, 0) is 21.4 Å². The minimum atomic E-state index is -3.45. The number of rotatable bonds is 10. The molecule has 1 aromatic heterocycles. The van der Waals surface area contributed by atoms with E-state index in [1.165, 1.54) is 13.2 Å². The molecule has 0 fully saturated rings. The van der Waals surface area contributed by atoms with Gasteiger partial charge in [0.05, 0.1) is 30.0 Å². The Morgan fingerprint density at radius 1 is 1.15 bits per heavy atom. The first kappa shape index (κ1) is 24.5. The summed E-state index contributed by atoms with van der Waals surface area (Å²) in [5, 5.41) is 3.38. The molecule has 0 radical (unpaired) electrons. The van der Waals surface area contributed by atoms with Crippen molar-refractivity contribution in [1.29, 1.82) is 0 Å². The maximum absolute atomic E-state index is 12.6. The molecule has 3 rings (SSSR count). The molecule has 33 heavy (non-hydrogen) atoms. The lowest BCUT2D eigenvalue weighted by Gasteiger charge is -2.12. The van der Waals surface area contributed by atoms with Crippen molar-refractivity contribution in [2.45, 2.75) is 32.2 Å². The van der Waals surface area contributed by atoms with Crippen LogP contribution >= 0.6 is 12.2 Å². The van der Waals surface area contributed by atoms with Crippen molar-refractivity contribution in [2.75, 3.05) is 23.4 Å². The third kappa shape index (κ3) is 6.65. The topological polar surface area (TPSA) is 122 Å². The Labute approximate surface area is 196 Å². The number of para-hydroxylation sites is 1. The fraction of sp³-hybridized carbons (Fsp3) is 0.318. The molecule has 176 valence electrons. The minimum Gasteiger partial charge on any atom is -0.494 e. The molecule has 9 nitrogen and oxygen atoms in total.